The van der Waals surface area contributed by atoms with Crippen LogP contribution < -0.4 is 0 Å². The molecule has 306 valence electrons. The predicted molar refractivity (Wildman–Crippen MR) is 210 cm³/mol. The van der Waals surface area contributed by atoms with E-state index in [1.807, 2.05) is 0 Å². The highest BCUT2D eigenvalue weighted by Crippen LogP contribution is 2.43. The van der Waals surface area contributed by atoms with E-state index in [1.165, 1.54) is 161 Å². The highest BCUT2D eigenvalue weighted by Gasteiger charge is 2.26. The van der Waals surface area contributed by atoms with Gasteiger partial charge in [0.15, 0.2) is 0 Å². The number of phosphoric ester groups is 1. The van der Waals surface area contributed by atoms with E-state index in [1.54, 1.807) is 0 Å². The molecule has 0 aromatic heterocycles. The molecule has 0 spiro atoms. The molecule has 0 aliphatic rings. The normalized spacial score (nSPS) is 14.1. The van der Waals surface area contributed by atoms with Crippen molar-refractivity contribution in [1.29, 1.82) is 0 Å². The van der Waals surface area contributed by atoms with Gasteiger partial charge in [-0.2, -0.15) is 0 Å². The zero-order valence-corrected chi connectivity index (χ0v) is 34.2. The van der Waals surface area contributed by atoms with Crippen molar-refractivity contribution in [3.63, 3.8) is 0 Å². The van der Waals surface area contributed by atoms with E-state index < -0.39 is 33.2 Å². The Morgan fingerprint density at radius 2 is 0.882 bits per heavy atom. The maximum absolute atomic E-state index is 12.6. The molecule has 3 atom stereocenters. The number of phosphoric acid groups is 1. The summed E-state index contributed by atoms with van der Waals surface area (Å²) in [4.78, 5) is 22.5. The lowest BCUT2D eigenvalue weighted by atomic mass is 10.0. The summed E-state index contributed by atoms with van der Waals surface area (Å²) in [5, 5.41) is 18.3. The summed E-state index contributed by atoms with van der Waals surface area (Å²) >= 11 is 0. The van der Waals surface area contributed by atoms with Crippen LogP contribution in [0, 0.1) is 0 Å². The van der Waals surface area contributed by atoms with Crippen molar-refractivity contribution in [2.24, 2.45) is 0 Å². The number of carbonyl (C=O) groups is 1. The maximum Gasteiger partial charge on any atom is 0.472 e. The number of aliphatic hydroxyl groups is 2. The van der Waals surface area contributed by atoms with Crippen molar-refractivity contribution >= 4 is 13.8 Å². The fourth-order valence-electron chi connectivity index (χ4n) is 6.24. The van der Waals surface area contributed by atoms with Crippen molar-refractivity contribution in [2.75, 3.05) is 33.0 Å². The average Bonchev–Trinajstić information content (AvgIpc) is 3.12. The van der Waals surface area contributed by atoms with E-state index in [4.69, 9.17) is 23.6 Å². The summed E-state index contributed by atoms with van der Waals surface area (Å²) in [6, 6.07) is 0. The first kappa shape index (κ1) is 50.5. The third kappa shape index (κ3) is 39.0. The zero-order chi connectivity index (χ0) is 37.5. The largest absolute Gasteiger partial charge is 0.472 e. The molecule has 0 radical (unpaired) electrons. The van der Waals surface area contributed by atoms with Crippen LogP contribution >= 0.6 is 7.82 Å². The molecule has 0 saturated carbocycles. The van der Waals surface area contributed by atoms with E-state index in [2.05, 4.69) is 13.8 Å². The van der Waals surface area contributed by atoms with Crippen LogP contribution in [0.2, 0.25) is 0 Å². The van der Waals surface area contributed by atoms with Gasteiger partial charge in [-0.1, -0.05) is 194 Å². The van der Waals surface area contributed by atoms with Crippen molar-refractivity contribution in [3.05, 3.63) is 0 Å². The van der Waals surface area contributed by atoms with E-state index in [-0.39, 0.29) is 25.6 Å². The van der Waals surface area contributed by atoms with Crippen molar-refractivity contribution in [1.82, 2.24) is 0 Å². The summed E-state index contributed by atoms with van der Waals surface area (Å²) in [6.45, 7) is 3.57. The molecule has 3 N–H and O–H groups in total. The first-order valence-corrected chi connectivity index (χ1v) is 23.0. The van der Waals surface area contributed by atoms with Crippen LogP contribution in [-0.4, -0.2) is 66.3 Å². The first-order valence-electron chi connectivity index (χ1n) is 21.5. The number of hydrogen-bond donors (Lipinski definition) is 3. The van der Waals surface area contributed by atoms with Crippen LogP contribution in [-0.2, 0) is 27.9 Å². The maximum atomic E-state index is 12.6. The lowest BCUT2D eigenvalue weighted by Gasteiger charge is -2.20. The van der Waals surface area contributed by atoms with Gasteiger partial charge in [-0.15, -0.1) is 0 Å². The monoisotopic (exact) mass is 751 g/mol. The lowest BCUT2D eigenvalue weighted by Crippen LogP contribution is -2.29. The number of esters is 1. The SMILES string of the molecule is CCCCCCCCCCCCCCCCCCC(=O)O[C@H](COCCCCCCCCCCCCCCCC)COP(=O)(O)OC[C@@H](O)CO. The minimum Gasteiger partial charge on any atom is -0.457 e. The molecule has 9 nitrogen and oxygen atoms in total. The molecule has 0 saturated heterocycles. The third-order valence-electron chi connectivity index (χ3n) is 9.54. The van der Waals surface area contributed by atoms with Gasteiger partial charge < -0.3 is 24.6 Å². The fourth-order valence-corrected chi connectivity index (χ4v) is 7.03. The molecular weight excluding hydrogens is 667 g/mol. The second-order valence-corrected chi connectivity index (χ2v) is 16.2. The topological polar surface area (TPSA) is 132 Å². The highest BCUT2D eigenvalue weighted by atomic mass is 31.2. The van der Waals surface area contributed by atoms with Crippen LogP contribution in [0.15, 0.2) is 0 Å². The van der Waals surface area contributed by atoms with Crippen LogP contribution in [0.3, 0.4) is 0 Å². The molecular formula is C41H83O9P. The van der Waals surface area contributed by atoms with Gasteiger partial charge in [-0.3, -0.25) is 13.8 Å². The van der Waals surface area contributed by atoms with E-state index in [9.17, 15) is 19.4 Å². The second-order valence-electron chi connectivity index (χ2n) is 14.7. The predicted octanol–water partition coefficient (Wildman–Crippen LogP) is 11.5. The van der Waals surface area contributed by atoms with Gasteiger partial charge in [0.2, 0.25) is 0 Å². The van der Waals surface area contributed by atoms with Crippen LogP contribution in [0.4, 0.5) is 0 Å². The Labute approximate surface area is 314 Å². The molecule has 0 aliphatic carbocycles. The van der Waals surface area contributed by atoms with E-state index >= 15 is 0 Å². The molecule has 0 amide bonds. The second kappa shape index (κ2) is 39.2. The Hall–Kier alpha value is -0.540. The van der Waals surface area contributed by atoms with E-state index in [0.717, 1.165) is 32.1 Å². The molecule has 0 aromatic carbocycles. The fraction of sp³-hybridized carbons (Fsp3) is 0.976. The Morgan fingerprint density at radius 1 is 0.529 bits per heavy atom. The van der Waals surface area contributed by atoms with Crippen molar-refractivity contribution in [2.45, 2.75) is 225 Å². The van der Waals surface area contributed by atoms with Crippen LogP contribution in [0.25, 0.3) is 0 Å². The van der Waals surface area contributed by atoms with Gasteiger partial charge in [-0.05, 0) is 12.8 Å². The molecule has 51 heavy (non-hydrogen) atoms. The Morgan fingerprint density at radius 3 is 1.27 bits per heavy atom. The van der Waals surface area contributed by atoms with Gasteiger partial charge in [0, 0.05) is 13.0 Å². The van der Waals surface area contributed by atoms with Gasteiger partial charge in [-0.25, -0.2) is 4.57 Å². The Bertz CT molecular complexity index is 769. The summed E-state index contributed by atoms with van der Waals surface area (Å²) in [5.41, 5.74) is 0. The molecule has 0 aromatic rings. The molecule has 0 heterocycles. The quantitative estimate of drug-likeness (QED) is 0.0317. The number of rotatable bonds is 42. The smallest absolute Gasteiger partial charge is 0.457 e. The molecule has 0 aliphatic heterocycles. The minimum atomic E-state index is -4.51. The zero-order valence-electron chi connectivity index (χ0n) is 33.3. The molecule has 1 unspecified atom stereocenters. The number of hydrogen-bond acceptors (Lipinski definition) is 8. The number of aliphatic hydroxyl groups excluding tert-OH is 2. The molecule has 0 rings (SSSR count). The van der Waals surface area contributed by atoms with Crippen LogP contribution in [0.5, 0.6) is 0 Å². The third-order valence-corrected chi connectivity index (χ3v) is 10.5. The van der Waals surface area contributed by atoms with Gasteiger partial charge in [0.25, 0.3) is 0 Å². The van der Waals surface area contributed by atoms with Crippen LogP contribution in [0.1, 0.15) is 213 Å². The van der Waals surface area contributed by atoms with Gasteiger partial charge in [0.05, 0.1) is 26.4 Å². The number of unbranched alkanes of at least 4 members (excludes halogenated alkanes) is 28. The standard InChI is InChI=1S/C41H83O9P/c1-3-5-7-9-11-13-15-17-19-20-21-23-25-27-29-31-33-41(44)50-40(38-49-51(45,46)48-36-39(43)35-42)37-47-34-32-30-28-26-24-22-18-16-14-12-10-8-6-4-2/h39-40,42-43H,3-38H2,1-2H3,(H,45,46)/t39-,40+/m0/s1. The van der Waals surface area contributed by atoms with Crippen molar-refractivity contribution in [3.8, 4) is 0 Å². The number of ether oxygens (including phenoxy) is 2. The Kier molecular flexibility index (Phi) is 38.7. The van der Waals surface area contributed by atoms with Gasteiger partial charge in [0.1, 0.15) is 12.2 Å². The summed E-state index contributed by atoms with van der Waals surface area (Å²) < 4.78 is 33.3. The molecule has 10 heteroatoms. The summed E-state index contributed by atoms with van der Waals surface area (Å²) in [7, 11) is -4.51. The lowest BCUT2D eigenvalue weighted by molar-refractivity contribution is -0.154. The minimum absolute atomic E-state index is 0.0579. The molecule has 0 bridgehead atoms. The Balaban J connectivity index is 4.12. The van der Waals surface area contributed by atoms with E-state index in [0.29, 0.717) is 6.61 Å². The summed E-state index contributed by atoms with van der Waals surface area (Å²) in [6.07, 6.45) is 36.2. The number of carbonyl (C=O) groups excluding carboxylic acids is 1. The first-order chi connectivity index (χ1) is 24.8. The average molecular weight is 751 g/mol. The summed E-state index contributed by atoms with van der Waals surface area (Å²) in [5.74, 6) is -0.376. The van der Waals surface area contributed by atoms with Gasteiger partial charge >= 0.3 is 13.8 Å². The van der Waals surface area contributed by atoms with Crippen molar-refractivity contribution < 1.29 is 43.0 Å². The molecule has 0 fully saturated rings. The highest BCUT2D eigenvalue weighted by molar-refractivity contribution is 7.47.